The van der Waals surface area contributed by atoms with E-state index in [9.17, 15) is 4.79 Å². The molecule has 6 nitrogen and oxygen atoms in total. The van der Waals surface area contributed by atoms with Crippen LogP contribution in [0.1, 0.15) is 32.4 Å². The van der Waals surface area contributed by atoms with Crippen molar-refractivity contribution >= 4 is 38.9 Å². The van der Waals surface area contributed by atoms with Gasteiger partial charge in [-0.2, -0.15) is 9.78 Å². The molecule has 7 heteroatoms. The van der Waals surface area contributed by atoms with Gasteiger partial charge in [-0.15, -0.1) is 0 Å². The van der Waals surface area contributed by atoms with Gasteiger partial charge in [-0.1, -0.05) is 36.7 Å². The molecule has 1 aromatic carbocycles. The topological polar surface area (TPSA) is 63.6 Å². The number of halogens is 1. The lowest BCUT2D eigenvalue weighted by molar-refractivity contribution is 0.505. The standard InChI is InChI=1S/C19H21BrN4O2/c1-19(2,3)18-22-15-8-6-12(20)10-14(15)17(25)24(18)21-11-13-7-9-16(26-13)23(4)5/h6-11H,1-5H3. The van der Waals surface area contributed by atoms with Gasteiger partial charge in [0.15, 0.2) is 5.88 Å². The Bertz CT molecular complexity index is 1040. The van der Waals surface area contributed by atoms with E-state index < -0.39 is 0 Å². The first-order valence-electron chi connectivity index (χ1n) is 8.21. The Hall–Kier alpha value is -2.41. The molecule has 0 fully saturated rings. The molecule has 2 heterocycles. The molecule has 0 bridgehead atoms. The molecule has 136 valence electrons. The van der Waals surface area contributed by atoms with Crippen molar-refractivity contribution in [3.63, 3.8) is 0 Å². The van der Waals surface area contributed by atoms with E-state index in [-0.39, 0.29) is 11.0 Å². The summed E-state index contributed by atoms with van der Waals surface area (Å²) >= 11 is 3.41. The van der Waals surface area contributed by atoms with E-state index >= 15 is 0 Å². The SMILES string of the molecule is CN(C)c1ccc(C=Nn2c(C(C)(C)C)nc3ccc(Br)cc3c2=O)o1. The molecule has 2 aromatic heterocycles. The Balaban J connectivity index is 2.17. The summed E-state index contributed by atoms with van der Waals surface area (Å²) in [7, 11) is 3.79. The maximum atomic E-state index is 13.0. The first-order valence-corrected chi connectivity index (χ1v) is 9.00. The maximum absolute atomic E-state index is 13.0. The predicted octanol–water partition coefficient (Wildman–Crippen LogP) is 4.00. The van der Waals surface area contributed by atoms with Gasteiger partial charge in [0, 0.05) is 30.0 Å². The normalized spacial score (nSPS) is 12.2. The number of furan rings is 1. The minimum Gasteiger partial charge on any atom is -0.440 e. The van der Waals surface area contributed by atoms with Gasteiger partial charge in [-0.05, 0) is 24.3 Å². The van der Waals surface area contributed by atoms with Gasteiger partial charge in [0.05, 0.1) is 17.1 Å². The highest BCUT2D eigenvalue weighted by Gasteiger charge is 2.23. The summed E-state index contributed by atoms with van der Waals surface area (Å²) in [6.45, 7) is 6.01. The molecule has 0 atom stereocenters. The Kier molecular flexibility index (Phi) is 4.75. The van der Waals surface area contributed by atoms with Gasteiger partial charge < -0.3 is 9.32 Å². The monoisotopic (exact) mass is 416 g/mol. The number of hydrogen-bond donors (Lipinski definition) is 0. The maximum Gasteiger partial charge on any atom is 0.282 e. The van der Waals surface area contributed by atoms with Crippen molar-refractivity contribution in [2.45, 2.75) is 26.2 Å². The fourth-order valence-electron chi connectivity index (χ4n) is 2.51. The molecule has 0 N–H and O–H groups in total. The average Bonchev–Trinajstić information content (AvgIpc) is 3.02. The molecule has 0 aliphatic rings. The number of nitrogens with zero attached hydrogens (tertiary/aromatic N) is 4. The van der Waals surface area contributed by atoms with Crippen LogP contribution in [0, 0.1) is 0 Å². The molecule has 0 spiro atoms. The van der Waals surface area contributed by atoms with Gasteiger partial charge in [-0.25, -0.2) is 4.98 Å². The van der Waals surface area contributed by atoms with E-state index in [1.807, 2.05) is 64.0 Å². The van der Waals surface area contributed by atoms with Crippen LogP contribution in [0.25, 0.3) is 10.9 Å². The Morgan fingerprint density at radius 2 is 1.96 bits per heavy atom. The zero-order valence-electron chi connectivity index (χ0n) is 15.4. The van der Waals surface area contributed by atoms with Crippen molar-refractivity contribution < 1.29 is 4.42 Å². The van der Waals surface area contributed by atoms with Crippen molar-refractivity contribution in [2.75, 3.05) is 19.0 Å². The zero-order valence-corrected chi connectivity index (χ0v) is 17.0. The Labute approximate surface area is 160 Å². The zero-order chi connectivity index (χ0) is 19.1. The summed E-state index contributed by atoms with van der Waals surface area (Å²) in [6.07, 6.45) is 1.54. The van der Waals surface area contributed by atoms with Crippen LogP contribution in [0.4, 0.5) is 5.88 Å². The highest BCUT2D eigenvalue weighted by Crippen LogP contribution is 2.23. The predicted molar refractivity (Wildman–Crippen MR) is 108 cm³/mol. The first-order chi connectivity index (χ1) is 12.2. The van der Waals surface area contributed by atoms with Crippen molar-refractivity contribution in [1.82, 2.24) is 9.66 Å². The molecule has 0 radical (unpaired) electrons. The average molecular weight is 417 g/mol. The largest absolute Gasteiger partial charge is 0.440 e. The molecule has 26 heavy (non-hydrogen) atoms. The highest BCUT2D eigenvalue weighted by atomic mass is 79.9. The fraction of sp³-hybridized carbons (Fsp3) is 0.316. The van der Waals surface area contributed by atoms with Crippen LogP contribution in [0.2, 0.25) is 0 Å². The van der Waals surface area contributed by atoms with E-state index in [2.05, 4.69) is 26.0 Å². The van der Waals surface area contributed by atoms with Crippen LogP contribution < -0.4 is 10.5 Å². The third-order valence-electron chi connectivity index (χ3n) is 3.83. The van der Waals surface area contributed by atoms with Crippen LogP contribution in [0.15, 0.2) is 49.1 Å². The number of hydrogen-bond acceptors (Lipinski definition) is 5. The third kappa shape index (κ3) is 3.58. The van der Waals surface area contributed by atoms with Crippen LogP contribution in [-0.2, 0) is 5.41 Å². The van der Waals surface area contributed by atoms with E-state index in [0.29, 0.717) is 22.5 Å². The fourth-order valence-corrected chi connectivity index (χ4v) is 2.87. The second-order valence-electron chi connectivity index (χ2n) is 7.28. The van der Waals surface area contributed by atoms with Gasteiger partial charge in [0.1, 0.15) is 11.6 Å². The summed E-state index contributed by atoms with van der Waals surface area (Å²) in [5.41, 5.74) is 0.0924. The molecule has 0 amide bonds. The third-order valence-corrected chi connectivity index (χ3v) is 4.33. The van der Waals surface area contributed by atoms with E-state index in [0.717, 1.165) is 10.4 Å². The van der Waals surface area contributed by atoms with Crippen LogP contribution >= 0.6 is 15.9 Å². The van der Waals surface area contributed by atoms with E-state index in [1.54, 1.807) is 6.07 Å². The molecule has 0 aliphatic carbocycles. The molecular formula is C19H21BrN4O2. The lowest BCUT2D eigenvalue weighted by atomic mass is 9.95. The van der Waals surface area contributed by atoms with Crippen molar-refractivity contribution in [2.24, 2.45) is 5.10 Å². The van der Waals surface area contributed by atoms with Gasteiger partial charge >= 0.3 is 0 Å². The summed E-state index contributed by atoms with van der Waals surface area (Å²) in [5, 5.41) is 4.90. The lowest BCUT2D eigenvalue weighted by Gasteiger charge is -2.20. The first kappa shape index (κ1) is 18.4. The van der Waals surface area contributed by atoms with Gasteiger partial charge in [-0.3, -0.25) is 4.79 Å². The van der Waals surface area contributed by atoms with Gasteiger partial charge in [0.2, 0.25) is 0 Å². The minimum atomic E-state index is -0.351. The van der Waals surface area contributed by atoms with Crippen molar-refractivity contribution in [3.05, 3.63) is 56.7 Å². The van der Waals surface area contributed by atoms with E-state index in [1.165, 1.54) is 10.9 Å². The Morgan fingerprint density at radius 1 is 1.23 bits per heavy atom. The molecule has 0 unspecified atom stereocenters. The molecular weight excluding hydrogens is 396 g/mol. The molecule has 0 saturated carbocycles. The second-order valence-corrected chi connectivity index (χ2v) is 8.19. The smallest absolute Gasteiger partial charge is 0.282 e. The van der Waals surface area contributed by atoms with Gasteiger partial charge in [0.25, 0.3) is 5.56 Å². The summed E-state index contributed by atoms with van der Waals surface area (Å²) in [4.78, 5) is 19.6. The minimum absolute atomic E-state index is 0.211. The van der Waals surface area contributed by atoms with Crippen LogP contribution in [-0.4, -0.2) is 30.0 Å². The van der Waals surface area contributed by atoms with E-state index in [4.69, 9.17) is 4.42 Å². The van der Waals surface area contributed by atoms with Crippen molar-refractivity contribution in [3.8, 4) is 0 Å². The lowest BCUT2D eigenvalue weighted by Crippen LogP contribution is -2.29. The number of fused-ring (bicyclic) bond motifs is 1. The molecule has 3 rings (SSSR count). The Morgan fingerprint density at radius 3 is 2.58 bits per heavy atom. The second kappa shape index (κ2) is 6.72. The number of anilines is 1. The number of benzene rings is 1. The number of aromatic nitrogens is 2. The van der Waals surface area contributed by atoms with Crippen LogP contribution in [0.3, 0.4) is 0 Å². The summed E-state index contributed by atoms with van der Waals surface area (Å²) in [5.74, 6) is 1.87. The quantitative estimate of drug-likeness (QED) is 0.605. The van der Waals surface area contributed by atoms with Crippen LogP contribution in [0.5, 0.6) is 0 Å². The molecule has 3 aromatic rings. The summed E-state index contributed by atoms with van der Waals surface area (Å²) < 4.78 is 7.85. The van der Waals surface area contributed by atoms with Crippen molar-refractivity contribution in [1.29, 1.82) is 0 Å². The highest BCUT2D eigenvalue weighted by molar-refractivity contribution is 9.10. The molecule has 0 saturated heterocycles. The number of rotatable bonds is 3. The summed E-state index contributed by atoms with van der Waals surface area (Å²) in [6, 6.07) is 9.14. The molecule has 0 aliphatic heterocycles.